The zero-order chi connectivity index (χ0) is 16.8. The van der Waals surface area contributed by atoms with E-state index in [4.69, 9.17) is 17.3 Å². The van der Waals surface area contributed by atoms with E-state index >= 15 is 0 Å². The Morgan fingerprint density at radius 2 is 2.04 bits per heavy atom. The van der Waals surface area contributed by atoms with Gasteiger partial charge >= 0.3 is 0 Å². The average Bonchev–Trinajstić information content (AvgIpc) is 2.92. The van der Waals surface area contributed by atoms with E-state index in [1.807, 2.05) is 0 Å². The molecule has 0 saturated carbocycles. The van der Waals surface area contributed by atoms with Crippen LogP contribution in [0.25, 0.3) is 0 Å². The summed E-state index contributed by atoms with van der Waals surface area (Å²) in [7, 11) is 1.57. The lowest BCUT2D eigenvalue weighted by Crippen LogP contribution is -2.35. The third kappa shape index (κ3) is 5.70. The number of carbonyl (C=O) groups is 2. The number of amides is 2. The molecule has 0 saturated heterocycles. The van der Waals surface area contributed by atoms with E-state index in [2.05, 4.69) is 15.5 Å². The maximum atomic E-state index is 12.0. The number of nitrogens with one attached hydrogen (secondary N) is 1. The number of nitrogen functional groups attached to an aromatic ring is 1. The van der Waals surface area contributed by atoms with Gasteiger partial charge in [0.25, 0.3) is 0 Å². The Morgan fingerprint density at radius 3 is 2.65 bits per heavy atom. The van der Waals surface area contributed by atoms with E-state index in [1.54, 1.807) is 31.3 Å². The fourth-order valence-electron chi connectivity index (χ4n) is 1.55. The fourth-order valence-corrected chi connectivity index (χ4v) is 3.25. The molecule has 0 aliphatic carbocycles. The molecule has 2 rings (SSSR count). The normalized spacial score (nSPS) is 10.3. The minimum absolute atomic E-state index is 0.0414. The molecule has 1 aromatic heterocycles. The van der Waals surface area contributed by atoms with E-state index in [0.717, 1.165) is 0 Å². The lowest BCUT2D eigenvalue weighted by Gasteiger charge is -2.16. The van der Waals surface area contributed by atoms with E-state index in [9.17, 15) is 9.59 Å². The van der Waals surface area contributed by atoms with Crippen LogP contribution in [0.1, 0.15) is 0 Å². The van der Waals surface area contributed by atoms with Gasteiger partial charge in [0.15, 0.2) is 4.34 Å². The molecule has 23 heavy (non-hydrogen) atoms. The van der Waals surface area contributed by atoms with Crippen molar-refractivity contribution in [3.8, 4) is 0 Å². The van der Waals surface area contributed by atoms with Crippen molar-refractivity contribution in [2.24, 2.45) is 0 Å². The summed E-state index contributed by atoms with van der Waals surface area (Å²) < 4.78 is 0.620. The van der Waals surface area contributed by atoms with Gasteiger partial charge in [-0.05, 0) is 24.3 Å². The molecular weight excluding hydrogens is 358 g/mol. The molecule has 3 N–H and O–H groups in total. The summed E-state index contributed by atoms with van der Waals surface area (Å²) in [5.74, 6) is -0.303. The largest absolute Gasteiger partial charge is 0.374 e. The molecule has 0 atom stereocenters. The van der Waals surface area contributed by atoms with Crippen LogP contribution >= 0.6 is 34.7 Å². The van der Waals surface area contributed by atoms with Crippen LogP contribution < -0.4 is 11.1 Å². The third-order valence-corrected chi connectivity index (χ3v) is 4.80. The lowest BCUT2D eigenvalue weighted by molar-refractivity contribution is -0.131. The number of likely N-dealkylation sites (N-methyl/N-ethyl adjacent to an activating group) is 1. The molecule has 0 bridgehead atoms. The maximum Gasteiger partial charge on any atom is 0.243 e. The Morgan fingerprint density at radius 1 is 1.35 bits per heavy atom. The molecule has 122 valence electrons. The van der Waals surface area contributed by atoms with Crippen molar-refractivity contribution in [2.45, 2.75) is 4.34 Å². The molecule has 7 nitrogen and oxygen atoms in total. The summed E-state index contributed by atoms with van der Waals surface area (Å²) in [6.07, 6.45) is 0. The third-order valence-electron chi connectivity index (χ3n) is 2.68. The summed E-state index contributed by atoms with van der Waals surface area (Å²) >= 11 is 8.23. The Balaban J connectivity index is 1.78. The Hall–Kier alpha value is -1.84. The van der Waals surface area contributed by atoms with Gasteiger partial charge < -0.3 is 16.0 Å². The van der Waals surface area contributed by atoms with Crippen molar-refractivity contribution in [1.82, 2.24) is 15.1 Å². The fraction of sp³-hybridized carbons (Fsp3) is 0.231. The van der Waals surface area contributed by atoms with Gasteiger partial charge in [0.05, 0.1) is 12.3 Å². The van der Waals surface area contributed by atoms with Gasteiger partial charge in [-0.15, -0.1) is 10.2 Å². The number of nitrogens with zero attached hydrogens (tertiary/aromatic N) is 3. The second-order valence-corrected chi connectivity index (χ2v) is 7.17. The summed E-state index contributed by atoms with van der Waals surface area (Å²) in [4.78, 5) is 25.2. The van der Waals surface area contributed by atoms with E-state index in [0.29, 0.717) is 20.2 Å². The zero-order valence-corrected chi connectivity index (χ0v) is 14.5. The van der Waals surface area contributed by atoms with Crippen molar-refractivity contribution in [3.63, 3.8) is 0 Å². The van der Waals surface area contributed by atoms with Crippen LogP contribution in [0.2, 0.25) is 5.02 Å². The number of anilines is 2. The SMILES string of the molecule is CN(CC(=O)Nc1ccc(Cl)cc1)C(=O)CSc1nnc(N)s1. The first-order valence-electron chi connectivity index (χ1n) is 6.45. The molecule has 1 aromatic carbocycles. The molecule has 1 heterocycles. The number of thioether (sulfide) groups is 1. The second-order valence-electron chi connectivity index (χ2n) is 4.50. The highest BCUT2D eigenvalue weighted by molar-refractivity contribution is 8.01. The Bertz CT molecular complexity index is 692. The number of hydrogen-bond acceptors (Lipinski definition) is 7. The predicted molar refractivity (Wildman–Crippen MR) is 92.8 cm³/mol. The summed E-state index contributed by atoms with van der Waals surface area (Å²) in [6.45, 7) is -0.0414. The lowest BCUT2D eigenvalue weighted by atomic mass is 10.3. The molecule has 2 aromatic rings. The number of carbonyl (C=O) groups excluding carboxylic acids is 2. The second kappa shape index (κ2) is 8.14. The topological polar surface area (TPSA) is 101 Å². The van der Waals surface area contributed by atoms with Gasteiger partial charge in [-0.25, -0.2) is 0 Å². The molecule has 0 aliphatic heterocycles. The Kier molecular flexibility index (Phi) is 6.20. The van der Waals surface area contributed by atoms with Crippen LogP contribution in [0.15, 0.2) is 28.6 Å². The van der Waals surface area contributed by atoms with Crippen LogP contribution in [-0.4, -0.2) is 46.3 Å². The van der Waals surface area contributed by atoms with Crippen molar-refractivity contribution in [3.05, 3.63) is 29.3 Å². The summed E-state index contributed by atoms with van der Waals surface area (Å²) in [5.41, 5.74) is 6.09. The molecule has 0 unspecified atom stereocenters. The molecular formula is C13H14ClN5O2S2. The number of nitrogens with two attached hydrogens (primary N) is 1. The standard InChI is InChI=1S/C13H14ClN5O2S2/c1-19(11(21)7-22-13-18-17-12(15)23-13)6-10(20)16-9-4-2-8(14)3-5-9/h2-5H,6-7H2,1H3,(H2,15,17)(H,16,20). The molecule has 0 aliphatic rings. The number of aromatic nitrogens is 2. The number of rotatable bonds is 6. The molecule has 10 heteroatoms. The van der Waals surface area contributed by atoms with Crippen LogP contribution in [0.5, 0.6) is 0 Å². The average molecular weight is 372 g/mol. The van der Waals surface area contributed by atoms with E-state index in [-0.39, 0.29) is 24.1 Å². The smallest absolute Gasteiger partial charge is 0.243 e. The van der Waals surface area contributed by atoms with Crippen LogP contribution in [0.3, 0.4) is 0 Å². The minimum atomic E-state index is -0.284. The molecule has 0 fully saturated rings. The van der Waals surface area contributed by atoms with Crippen LogP contribution in [-0.2, 0) is 9.59 Å². The highest BCUT2D eigenvalue weighted by Gasteiger charge is 2.14. The Labute approximate surface area is 146 Å². The number of hydrogen-bond donors (Lipinski definition) is 2. The molecule has 0 spiro atoms. The number of benzene rings is 1. The van der Waals surface area contributed by atoms with Gasteiger partial charge in [0.2, 0.25) is 16.9 Å². The van der Waals surface area contributed by atoms with Crippen molar-refractivity contribution >= 4 is 57.3 Å². The van der Waals surface area contributed by atoms with Gasteiger partial charge in [-0.2, -0.15) is 0 Å². The van der Waals surface area contributed by atoms with E-state index in [1.165, 1.54) is 28.0 Å². The van der Waals surface area contributed by atoms with Gasteiger partial charge in [0.1, 0.15) is 0 Å². The van der Waals surface area contributed by atoms with Gasteiger partial charge in [-0.1, -0.05) is 34.7 Å². The van der Waals surface area contributed by atoms with Crippen LogP contribution in [0.4, 0.5) is 10.8 Å². The molecule has 0 radical (unpaired) electrons. The zero-order valence-electron chi connectivity index (χ0n) is 12.2. The maximum absolute atomic E-state index is 12.0. The highest BCUT2D eigenvalue weighted by atomic mass is 35.5. The summed E-state index contributed by atoms with van der Waals surface area (Å²) in [5, 5.41) is 11.1. The van der Waals surface area contributed by atoms with Crippen LogP contribution in [0, 0.1) is 0 Å². The van der Waals surface area contributed by atoms with Crippen molar-refractivity contribution in [2.75, 3.05) is 30.4 Å². The summed E-state index contributed by atoms with van der Waals surface area (Å²) in [6, 6.07) is 6.74. The quantitative estimate of drug-likeness (QED) is 0.753. The monoisotopic (exact) mass is 371 g/mol. The first-order chi connectivity index (χ1) is 10.9. The van der Waals surface area contributed by atoms with Gasteiger partial charge in [0, 0.05) is 17.8 Å². The van der Waals surface area contributed by atoms with Gasteiger partial charge in [-0.3, -0.25) is 9.59 Å². The first-order valence-corrected chi connectivity index (χ1v) is 8.63. The minimum Gasteiger partial charge on any atom is -0.374 e. The van der Waals surface area contributed by atoms with E-state index < -0.39 is 0 Å². The van der Waals surface area contributed by atoms with Crippen molar-refractivity contribution in [1.29, 1.82) is 0 Å². The van der Waals surface area contributed by atoms with Crippen molar-refractivity contribution < 1.29 is 9.59 Å². The highest BCUT2D eigenvalue weighted by Crippen LogP contribution is 2.23. The molecule has 2 amide bonds. The first kappa shape index (κ1) is 17.5. The number of halogens is 1. The predicted octanol–water partition coefficient (Wildman–Crippen LogP) is 1.96.